The van der Waals surface area contributed by atoms with E-state index in [4.69, 9.17) is 11.6 Å². The number of nitro groups is 1. The first-order valence-electron chi connectivity index (χ1n) is 5.91. The number of rotatable bonds is 4. The first kappa shape index (κ1) is 15.5. The van der Waals surface area contributed by atoms with E-state index in [-0.39, 0.29) is 16.6 Å². The Balaban J connectivity index is 2.17. The third kappa shape index (κ3) is 3.80. The second-order valence-corrected chi connectivity index (χ2v) is 5.17. The van der Waals surface area contributed by atoms with Crippen molar-refractivity contribution in [2.45, 2.75) is 5.33 Å². The van der Waals surface area contributed by atoms with Crippen LogP contribution in [-0.4, -0.2) is 10.8 Å². The molecule has 0 aliphatic carbocycles. The van der Waals surface area contributed by atoms with Crippen LogP contribution >= 0.6 is 27.5 Å². The molecule has 108 valence electrons. The van der Waals surface area contributed by atoms with E-state index in [1.165, 1.54) is 18.2 Å². The Morgan fingerprint density at radius 3 is 2.43 bits per heavy atom. The van der Waals surface area contributed by atoms with Crippen LogP contribution < -0.4 is 5.32 Å². The Kier molecular flexibility index (Phi) is 4.93. The predicted molar refractivity (Wildman–Crippen MR) is 85.1 cm³/mol. The van der Waals surface area contributed by atoms with Crippen molar-refractivity contribution in [3.63, 3.8) is 0 Å². The van der Waals surface area contributed by atoms with Crippen LogP contribution in [0.25, 0.3) is 0 Å². The van der Waals surface area contributed by atoms with Crippen LogP contribution in [0.15, 0.2) is 42.5 Å². The van der Waals surface area contributed by atoms with Crippen LogP contribution in [-0.2, 0) is 5.33 Å². The summed E-state index contributed by atoms with van der Waals surface area (Å²) >= 11 is 9.26. The number of benzene rings is 2. The van der Waals surface area contributed by atoms with E-state index in [1.54, 1.807) is 12.1 Å². The third-order valence-corrected chi connectivity index (χ3v) is 3.74. The Labute approximate surface area is 134 Å². The van der Waals surface area contributed by atoms with Gasteiger partial charge in [-0.25, -0.2) is 0 Å². The van der Waals surface area contributed by atoms with E-state index in [0.29, 0.717) is 16.6 Å². The van der Waals surface area contributed by atoms with Crippen LogP contribution in [0.1, 0.15) is 15.9 Å². The molecule has 0 saturated carbocycles. The molecule has 0 unspecified atom stereocenters. The summed E-state index contributed by atoms with van der Waals surface area (Å²) in [6.45, 7) is 0. The van der Waals surface area contributed by atoms with Crippen molar-refractivity contribution >= 4 is 44.8 Å². The number of non-ortho nitro benzene ring substituents is 1. The van der Waals surface area contributed by atoms with Crippen molar-refractivity contribution in [1.29, 1.82) is 0 Å². The SMILES string of the molecule is O=C(Nc1ccc([N+](=O)[O-])cc1Cl)c1ccc(CBr)cc1. The number of anilines is 1. The molecule has 7 heteroatoms. The quantitative estimate of drug-likeness (QED) is 0.493. The molecular weight excluding hydrogens is 360 g/mol. The fourth-order valence-electron chi connectivity index (χ4n) is 1.66. The highest BCUT2D eigenvalue weighted by molar-refractivity contribution is 9.08. The minimum absolute atomic E-state index is 0.120. The molecule has 0 aliphatic rings. The Hall–Kier alpha value is -1.92. The highest BCUT2D eigenvalue weighted by Gasteiger charge is 2.12. The summed E-state index contributed by atoms with van der Waals surface area (Å²) in [6, 6.07) is 11.0. The van der Waals surface area contributed by atoms with E-state index in [2.05, 4.69) is 21.2 Å². The second-order valence-electron chi connectivity index (χ2n) is 4.21. The van der Waals surface area contributed by atoms with Gasteiger partial charge < -0.3 is 5.32 Å². The number of nitro benzene ring substituents is 1. The van der Waals surface area contributed by atoms with Gasteiger partial charge in [-0.2, -0.15) is 0 Å². The smallest absolute Gasteiger partial charge is 0.271 e. The molecule has 0 saturated heterocycles. The lowest BCUT2D eigenvalue weighted by molar-refractivity contribution is -0.384. The second kappa shape index (κ2) is 6.69. The minimum Gasteiger partial charge on any atom is -0.321 e. The maximum atomic E-state index is 12.1. The number of carbonyl (C=O) groups is 1. The molecule has 21 heavy (non-hydrogen) atoms. The maximum Gasteiger partial charge on any atom is 0.271 e. The summed E-state index contributed by atoms with van der Waals surface area (Å²) in [6.07, 6.45) is 0. The number of hydrogen-bond donors (Lipinski definition) is 1. The summed E-state index contributed by atoms with van der Waals surface area (Å²) in [5.74, 6) is -0.327. The van der Waals surface area contributed by atoms with Crippen molar-refractivity contribution in [2.24, 2.45) is 0 Å². The number of hydrogen-bond acceptors (Lipinski definition) is 3. The fourth-order valence-corrected chi connectivity index (χ4v) is 2.25. The zero-order valence-electron chi connectivity index (χ0n) is 10.7. The Bertz CT molecular complexity index is 689. The lowest BCUT2D eigenvalue weighted by Crippen LogP contribution is -2.12. The lowest BCUT2D eigenvalue weighted by Gasteiger charge is -2.07. The third-order valence-electron chi connectivity index (χ3n) is 2.78. The molecule has 2 aromatic carbocycles. The number of nitrogens with zero attached hydrogens (tertiary/aromatic N) is 1. The van der Waals surface area contributed by atoms with Gasteiger partial charge in [0, 0.05) is 23.0 Å². The van der Waals surface area contributed by atoms with Gasteiger partial charge in [0.1, 0.15) is 0 Å². The van der Waals surface area contributed by atoms with Gasteiger partial charge >= 0.3 is 0 Å². The normalized spacial score (nSPS) is 10.2. The van der Waals surface area contributed by atoms with Crippen molar-refractivity contribution in [3.05, 3.63) is 68.7 Å². The number of halogens is 2. The summed E-state index contributed by atoms with van der Waals surface area (Å²) in [5.41, 5.74) is 1.74. The zero-order chi connectivity index (χ0) is 15.4. The van der Waals surface area contributed by atoms with Gasteiger partial charge in [0.2, 0.25) is 0 Å². The number of carbonyl (C=O) groups excluding carboxylic acids is 1. The van der Waals surface area contributed by atoms with Gasteiger partial charge in [0.25, 0.3) is 11.6 Å². The van der Waals surface area contributed by atoms with Gasteiger partial charge in [0.05, 0.1) is 15.6 Å². The highest BCUT2D eigenvalue weighted by atomic mass is 79.9. The summed E-state index contributed by atoms with van der Waals surface area (Å²) in [5, 5.41) is 14.1. The first-order chi connectivity index (χ1) is 10.0. The largest absolute Gasteiger partial charge is 0.321 e. The Morgan fingerprint density at radius 1 is 1.24 bits per heavy atom. The van der Waals surface area contributed by atoms with Crippen LogP contribution in [0, 0.1) is 10.1 Å². The molecule has 0 bridgehead atoms. The fraction of sp³-hybridized carbons (Fsp3) is 0.0714. The van der Waals surface area contributed by atoms with Gasteiger partial charge in [-0.1, -0.05) is 39.7 Å². The van der Waals surface area contributed by atoms with E-state index in [9.17, 15) is 14.9 Å². The zero-order valence-corrected chi connectivity index (χ0v) is 13.0. The van der Waals surface area contributed by atoms with E-state index in [0.717, 1.165) is 5.56 Å². The molecule has 1 N–H and O–H groups in total. The van der Waals surface area contributed by atoms with Crippen molar-refractivity contribution in [3.8, 4) is 0 Å². The topological polar surface area (TPSA) is 72.2 Å². The highest BCUT2D eigenvalue weighted by Crippen LogP contribution is 2.27. The monoisotopic (exact) mass is 368 g/mol. The van der Waals surface area contributed by atoms with E-state index in [1.807, 2.05) is 12.1 Å². The van der Waals surface area contributed by atoms with Crippen molar-refractivity contribution in [1.82, 2.24) is 0 Å². The van der Waals surface area contributed by atoms with Gasteiger partial charge in [0.15, 0.2) is 0 Å². The lowest BCUT2D eigenvalue weighted by atomic mass is 10.1. The molecule has 0 heterocycles. The van der Waals surface area contributed by atoms with E-state index >= 15 is 0 Å². The van der Waals surface area contributed by atoms with Crippen LogP contribution in [0.5, 0.6) is 0 Å². The van der Waals surface area contributed by atoms with Crippen LogP contribution in [0.4, 0.5) is 11.4 Å². The molecular formula is C14H10BrClN2O3. The standard InChI is InChI=1S/C14H10BrClN2O3/c15-8-9-1-3-10(4-2-9)14(19)17-13-6-5-11(18(20)21)7-12(13)16/h1-7H,8H2,(H,17,19). The van der Waals surface area contributed by atoms with E-state index < -0.39 is 4.92 Å². The molecule has 2 rings (SSSR count). The molecule has 0 atom stereocenters. The summed E-state index contributed by atoms with van der Waals surface area (Å²) < 4.78 is 0. The molecule has 1 amide bonds. The molecule has 0 spiro atoms. The molecule has 2 aromatic rings. The minimum atomic E-state index is -0.545. The average Bonchev–Trinajstić information content (AvgIpc) is 2.49. The average molecular weight is 370 g/mol. The van der Waals surface area contributed by atoms with Crippen molar-refractivity contribution < 1.29 is 9.72 Å². The van der Waals surface area contributed by atoms with Gasteiger partial charge in [-0.15, -0.1) is 0 Å². The molecule has 0 radical (unpaired) electrons. The number of alkyl halides is 1. The summed E-state index contributed by atoms with van der Waals surface area (Å²) in [4.78, 5) is 22.1. The van der Waals surface area contributed by atoms with Crippen molar-refractivity contribution in [2.75, 3.05) is 5.32 Å². The van der Waals surface area contributed by atoms with Gasteiger partial charge in [-0.3, -0.25) is 14.9 Å². The summed E-state index contributed by atoms with van der Waals surface area (Å²) in [7, 11) is 0. The number of nitrogens with one attached hydrogen (secondary N) is 1. The molecule has 0 aliphatic heterocycles. The number of amides is 1. The first-order valence-corrected chi connectivity index (χ1v) is 7.41. The molecule has 0 fully saturated rings. The van der Waals surface area contributed by atoms with Gasteiger partial charge in [-0.05, 0) is 23.8 Å². The predicted octanol–water partition coefficient (Wildman–Crippen LogP) is 4.40. The Morgan fingerprint density at radius 2 is 1.90 bits per heavy atom. The molecule has 0 aromatic heterocycles. The van der Waals surface area contributed by atoms with Crippen LogP contribution in [0.3, 0.4) is 0 Å². The molecule has 5 nitrogen and oxygen atoms in total. The van der Waals surface area contributed by atoms with Crippen LogP contribution in [0.2, 0.25) is 5.02 Å². The maximum absolute atomic E-state index is 12.1.